The summed E-state index contributed by atoms with van der Waals surface area (Å²) in [5, 5.41) is 0. The van der Waals surface area contributed by atoms with E-state index in [-0.39, 0.29) is 0 Å². The quantitative estimate of drug-likeness (QED) is 0.332. The van der Waals surface area contributed by atoms with Gasteiger partial charge in [-0.15, -0.1) is 0 Å². The molecule has 0 atom stereocenters. The Morgan fingerprint density at radius 2 is 0.950 bits per heavy atom. The van der Waals surface area contributed by atoms with Gasteiger partial charge in [0, 0.05) is 0 Å². The molecular weight excluding hydrogens is 240 g/mol. The molecule has 0 heteroatoms. The molecule has 0 nitrogen and oxygen atoms in total. The fourth-order valence-corrected chi connectivity index (χ4v) is 1.78. The molecule has 0 aromatic heterocycles. The van der Waals surface area contributed by atoms with Crippen LogP contribution >= 0.6 is 0 Å². The van der Waals surface area contributed by atoms with Crippen LogP contribution in [-0.4, -0.2) is 0 Å². The van der Waals surface area contributed by atoms with Crippen molar-refractivity contribution in [1.29, 1.82) is 0 Å². The van der Waals surface area contributed by atoms with E-state index in [1.165, 1.54) is 22.3 Å². The van der Waals surface area contributed by atoms with Gasteiger partial charge in [-0.3, -0.25) is 0 Å². The smallest absolute Gasteiger partial charge is 0.0285 e. The molecule has 0 aromatic carbocycles. The van der Waals surface area contributed by atoms with E-state index < -0.39 is 0 Å². The van der Waals surface area contributed by atoms with E-state index in [0.29, 0.717) is 0 Å². The first-order chi connectivity index (χ1) is 9.41. The fraction of sp³-hybridized carbons (Fsp3) is 0.500. The molecule has 0 N–H and O–H groups in total. The molecule has 112 valence electrons. The summed E-state index contributed by atoms with van der Waals surface area (Å²) in [6, 6.07) is 0. The van der Waals surface area contributed by atoms with Crippen molar-refractivity contribution in [1.82, 2.24) is 0 Å². The zero-order valence-electron chi connectivity index (χ0n) is 14.3. The highest BCUT2D eigenvalue weighted by Crippen LogP contribution is 2.08. The molecule has 0 heterocycles. The van der Waals surface area contributed by atoms with E-state index in [2.05, 4.69) is 78.0 Å². The van der Waals surface area contributed by atoms with Crippen LogP contribution in [0.2, 0.25) is 0 Å². The molecule has 20 heavy (non-hydrogen) atoms. The highest BCUT2D eigenvalue weighted by molar-refractivity contribution is 5.18. The number of allylic oxidation sites excluding steroid dienone is 10. The summed E-state index contributed by atoms with van der Waals surface area (Å²) in [4.78, 5) is 0. The lowest BCUT2D eigenvalue weighted by Gasteiger charge is -1.97. The molecule has 0 unspecified atom stereocenters. The Morgan fingerprint density at radius 1 is 0.600 bits per heavy atom. The second-order valence-corrected chi connectivity index (χ2v) is 6.05. The average molecular weight is 272 g/mol. The summed E-state index contributed by atoms with van der Waals surface area (Å²) in [6.07, 6.45) is 18.0. The molecule has 0 fully saturated rings. The van der Waals surface area contributed by atoms with Gasteiger partial charge in [0.05, 0.1) is 0 Å². The summed E-state index contributed by atoms with van der Waals surface area (Å²) in [7, 11) is 0. The van der Waals surface area contributed by atoms with Gasteiger partial charge in [-0.2, -0.15) is 0 Å². The van der Waals surface area contributed by atoms with E-state index in [4.69, 9.17) is 0 Å². The van der Waals surface area contributed by atoms with Crippen molar-refractivity contribution in [2.45, 2.75) is 67.2 Å². The maximum Gasteiger partial charge on any atom is -0.0285 e. The normalized spacial score (nSPS) is 12.7. The predicted molar refractivity (Wildman–Crippen MR) is 94.0 cm³/mol. The molecule has 0 saturated heterocycles. The Hall–Kier alpha value is -1.30. The highest BCUT2D eigenvalue weighted by Gasteiger charge is 1.88. The molecule has 0 bridgehead atoms. The Labute approximate surface area is 126 Å². The summed E-state index contributed by atoms with van der Waals surface area (Å²) in [5.41, 5.74) is 5.69. The molecule has 0 saturated carbocycles. The van der Waals surface area contributed by atoms with Crippen molar-refractivity contribution in [3.05, 3.63) is 58.7 Å². The molecule has 0 spiro atoms. The van der Waals surface area contributed by atoms with Gasteiger partial charge < -0.3 is 0 Å². The Bertz CT molecular complexity index is 363. The monoisotopic (exact) mass is 272 g/mol. The third-order valence-electron chi connectivity index (χ3n) is 3.06. The molecule has 0 aliphatic carbocycles. The van der Waals surface area contributed by atoms with Gasteiger partial charge in [-0.05, 0) is 67.2 Å². The molecule has 0 aliphatic rings. The lowest BCUT2D eigenvalue weighted by Crippen LogP contribution is -1.77. The first kappa shape index (κ1) is 18.7. The third-order valence-corrected chi connectivity index (χ3v) is 3.06. The third kappa shape index (κ3) is 13.1. The van der Waals surface area contributed by atoms with Gasteiger partial charge in [0.2, 0.25) is 0 Å². The number of hydrogen-bond acceptors (Lipinski definition) is 0. The summed E-state index contributed by atoms with van der Waals surface area (Å²) >= 11 is 0. The molecular formula is C20H32. The van der Waals surface area contributed by atoms with Gasteiger partial charge in [-0.25, -0.2) is 0 Å². The fourth-order valence-electron chi connectivity index (χ4n) is 1.78. The second kappa shape index (κ2) is 11.5. The minimum atomic E-state index is 1.15. The largest absolute Gasteiger partial charge is 0.0856 e. The number of rotatable bonds is 8. The first-order valence-corrected chi connectivity index (χ1v) is 7.68. The van der Waals surface area contributed by atoms with Gasteiger partial charge >= 0.3 is 0 Å². The van der Waals surface area contributed by atoms with Gasteiger partial charge in [0.1, 0.15) is 0 Å². The van der Waals surface area contributed by atoms with Crippen molar-refractivity contribution in [3.63, 3.8) is 0 Å². The molecule has 0 radical (unpaired) electrons. The molecule has 0 aliphatic heterocycles. The topological polar surface area (TPSA) is 0 Å². The van der Waals surface area contributed by atoms with E-state index in [0.717, 1.165) is 25.7 Å². The lowest BCUT2D eigenvalue weighted by atomic mass is 10.1. The zero-order valence-corrected chi connectivity index (χ0v) is 14.3. The highest BCUT2D eigenvalue weighted by atomic mass is 13.9. The minimum absolute atomic E-state index is 1.15. The predicted octanol–water partition coefficient (Wildman–Crippen LogP) is 6.93. The molecule has 0 rings (SSSR count). The van der Waals surface area contributed by atoms with Gasteiger partial charge in [-0.1, -0.05) is 58.7 Å². The SMILES string of the molecule is CC(C)=CCC\C(C)=C/C=C/C=C(/C)CCC=C(C)C. The van der Waals surface area contributed by atoms with Crippen LogP contribution in [0, 0.1) is 0 Å². The van der Waals surface area contributed by atoms with E-state index in [9.17, 15) is 0 Å². The van der Waals surface area contributed by atoms with Crippen LogP contribution in [0.25, 0.3) is 0 Å². The van der Waals surface area contributed by atoms with Crippen LogP contribution in [0.1, 0.15) is 67.2 Å². The maximum absolute atomic E-state index is 2.30. The second-order valence-electron chi connectivity index (χ2n) is 6.05. The van der Waals surface area contributed by atoms with Crippen molar-refractivity contribution in [3.8, 4) is 0 Å². The van der Waals surface area contributed by atoms with E-state index >= 15 is 0 Å². The van der Waals surface area contributed by atoms with Crippen LogP contribution in [-0.2, 0) is 0 Å². The van der Waals surface area contributed by atoms with Crippen molar-refractivity contribution in [2.75, 3.05) is 0 Å². The van der Waals surface area contributed by atoms with Crippen LogP contribution in [0.4, 0.5) is 0 Å². The van der Waals surface area contributed by atoms with Crippen LogP contribution < -0.4 is 0 Å². The van der Waals surface area contributed by atoms with Crippen LogP contribution in [0.5, 0.6) is 0 Å². The van der Waals surface area contributed by atoms with Crippen molar-refractivity contribution in [2.24, 2.45) is 0 Å². The van der Waals surface area contributed by atoms with E-state index in [1.807, 2.05) is 0 Å². The van der Waals surface area contributed by atoms with Gasteiger partial charge in [0.15, 0.2) is 0 Å². The van der Waals surface area contributed by atoms with Crippen LogP contribution in [0.15, 0.2) is 58.7 Å². The first-order valence-electron chi connectivity index (χ1n) is 7.68. The molecule has 0 aromatic rings. The average Bonchev–Trinajstić information content (AvgIpc) is 2.33. The zero-order chi connectivity index (χ0) is 15.4. The van der Waals surface area contributed by atoms with Crippen LogP contribution in [0.3, 0.4) is 0 Å². The summed E-state index contributed by atoms with van der Waals surface area (Å²) < 4.78 is 0. The Kier molecular flexibility index (Phi) is 10.8. The maximum atomic E-state index is 2.30. The standard InChI is InChI=1S/C20H32/c1-17(2)11-9-15-19(5)13-7-8-14-20(6)16-10-12-18(3)4/h7-8,11-14H,9-10,15-16H2,1-6H3/b8-7+,19-13-,20-14-. The Morgan fingerprint density at radius 3 is 1.25 bits per heavy atom. The summed E-state index contributed by atoms with van der Waals surface area (Å²) in [6.45, 7) is 13.0. The number of hydrogen-bond donors (Lipinski definition) is 0. The lowest BCUT2D eigenvalue weighted by molar-refractivity contribution is 0.965. The Balaban J connectivity index is 4.09. The minimum Gasteiger partial charge on any atom is -0.0856 e. The summed E-state index contributed by atoms with van der Waals surface area (Å²) in [5.74, 6) is 0. The van der Waals surface area contributed by atoms with E-state index in [1.54, 1.807) is 0 Å². The van der Waals surface area contributed by atoms with Crippen molar-refractivity contribution < 1.29 is 0 Å². The van der Waals surface area contributed by atoms with Gasteiger partial charge in [0.25, 0.3) is 0 Å². The molecule has 0 amide bonds. The van der Waals surface area contributed by atoms with Crippen molar-refractivity contribution >= 4 is 0 Å².